The summed E-state index contributed by atoms with van der Waals surface area (Å²) >= 11 is 0. The first kappa shape index (κ1) is 9.52. The van der Waals surface area contributed by atoms with Crippen molar-refractivity contribution in [2.45, 2.75) is 6.92 Å². The van der Waals surface area contributed by atoms with Crippen LogP contribution in [0.25, 0.3) is 0 Å². The molecule has 2 heteroatoms. The van der Waals surface area contributed by atoms with Crippen LogP contribution in [0.15, 0.2) is 48.1 Å². The Kier molecular flexibility index (Phi) is 3.76. The Labute approximate surface area is 78.5 Å². The Hall–Kier alpha value is -1.57. The molecule has 0 fully saturated rings. The van der Waals surface area contributed by atoms with Gasteiger partial charge in [0.1, 0.15) is 6.61 Å². The van der Waals surface area contributed by atoms with Crippen LogP contribution in [0.1, 0.15) is 12.5 Å². The predicted octanol–water partition coefficient (Wildman–Crippen LogP) is 2.61. The first-order valence-electron chi connectivity index (χ1n) is 4.17. The van der Waals surface area contributed by atoms with Gasteiger partial charge in [-0.05, 0) is 12.5 Å². The molecule has 0 saturated carbocycles. The van der Waals surface area contributed by atoms with Crippen LogP contribution in [-0.4, -0.2) is 12.3 Å². The molecule has 0 spiro atoms. The van der Waals surface area contributed by atoms with Crippen LogP contribution in [0.2, 0.25) is 0 Å². The molecule has 1 aromatic rings. The molecule has 0 amide bonds. The molecule has 0 aliphatic rings. The fourth-order valence-electron chi connectivity index (χ4n) is 0.919. The van der Waals surface area contributed by atoms with Gasteiger partial charge in [0.15, 0.2) is 0 Å². The van der Waals surface area contributed by atoms with E-state index in [9.17, 15) is 0 Å². The molecule has 0 radical (unpaired) electrons. The quantitative estimate of drug-likeness (QED) is 0.298. The Balaban J connectivity index is 2.62. The van der Waals surface area contributed by atoms with Gasteiger partial charge in [-0.1, -0.05) is 48.1 Å². The maximum atomic E-state index is 4.97. The SMILES string of the molecule is C=CCO/N=C(/C)c1ccccc1. The summed E-state index contributed by atoms with van der Waals surface area (Å²) in [7, 11) is 0. The Morgan fingerprint density at radius 2 is 2.15 bits per heavy atom. The van der Waals surface area contributed by atoms with Crippen LogP contribution in [0, 0.1) is 0 Å². The van der Waals surface area contributed by atoms with Crippen LogP contribution >= 0.6 is 0 Å². The molecule has 0 saturated heterocycles. The lowest BCUT2D eigenvalue weighted by atomic mass is 10.1. The second-order valence-electron chi connectivity index (χ2n) is 2.63. The zero-order valence-corrected chi connectivity index (χ0v) is 7.73. The molecule has 2 nitrogen and oxygen atoms in total. The van der Waals surface area contributed by atoms with Crippen molar-refractivity contribution in [3.63, 3.8) is 0 Å². The topological polar surface area (TPSA) is 21.6 Å². The summed E-state index contributed by atoms with van der Waals surface area (Å²) in [5.41, 5.74) is 1.95. The van der Waals surface area contributed by atoms with Crippen molar-refractivity contribution in [3.05, 3.63) is 48.6 Å². The number of nitrogens with zero attached hydrogens (tertiary/aromatic N) is 1. The van der Waals surface area contributed by atoms with Gasteiger partial charge in [0, 0.05) is 0 Å². The average Bonchev–Trinajstić information content (AvgIpc) is 2.19. The first-order valence-corrected chi connectivity index (χ1v) is 4.17. The standard InChI is InChI=1S/C11H13NO/c1-3-9-13-12-10(2)11-7-5-4-6-8-11/h3-8H,1,9H2,2H3/b12-10-. The molecule has 1 aromatic carbocycles. The van der Waals surface area contributed by atoms with E-state index in [4.69, 9.17) is 4.84 Å². The van der Waals surface area contributed by atoms with Gasteiger partial charge >= 0.3 is 0 Å². The highest BCUT2D eigenvalue weighted by Gasteiger charge is 1.94. The van der Waals surface area contributed by atoms with E-state index in [0.29, 0.717) is 6.61 Å². The second kappa shape index (κ2) is 5.14. The largest absolute Gasteiger partial charge is 0.391 e. The summed E-state index contributed by atoms with van der Waals surface area (Å²) in [6.07, 6.45) is 1.67. The van der Waals surface area contributed by atoms with Gasteiger partial charge in [0.2, 0.25) is 0 Å². The highest BCUT2D eigenvalue weighted by molar-refractivity contribution is 5.98. The predicted molar refractivity (Wildman–Crippen MR) is 54.8 cm³/mol. The highest BCUT2D eigenvalue weighted by Crippen LogP contribution is 2.00. The molecule has 1 rings (SSSR count). The Morgan fingerprint density at radius 3 is 2.77 bits per heavy atom. The first-order chi connectivity index (χ1) is 6.34. The van der Waals surface area contributed by atoms with Crippen LogP contribution in [0.5, 0.6) is 0 Å². The molecular formula is C11H13NO. The van der Waals surface area contributed by atoms with Gasteiger partial charge in [-0.3, -0.25) is 0 Å². The van der Waals surface area contributed by atoms with E-state index >= 15 is 0 Å². The van der Waals surface area contributed by atoms with E-state index in [1.54, 1.807) is 6.08 Å². The van der Waals surface area contributed by atoms with E-state index in [1.165, 1.54) is 0 Å². The Bertz CT molecular complexity index is 290. The van der Waals surface area contributed by atoms with Crippen molar-refractivity contribution in [2.75, 3.05) is 6.61 Å². The number of benzene rings is 1. The van der Waals surface area contributed by atoms with Gasteiger partial charge in [-0.15, -0.1) is 0 Å². The highest BCUT2D eigenvalue weighted by atomic mass is 16.6. The second-order valence-corrected chi connectivity index (χ2v) is 2.63. The minimum atomic E-state index is 0.449. The third kappa shape index (κ3) is 3.11. The van der Waals surface area contributed by atoms with Crippen molar-refractivity contribution in [1.29, 1.82) is 0 Å². The van der Waals surface area contributed by atoms with Gasteiger partial charge in [-0.25, -0.2) is 0 Å². The summed E-state index contributed by atoms with van der Waals surface area (Å²) in [5.74, 6) is 0. The smallest absolute Gasteiger partial charge is 0.135 e. The van der Waals surface area contributed by atoms with Crippen LogP contribution < -0.4 is 0 Å². The van der Waals surface area contributed by atoms with Gasteiger partial charge in [0.25, 0.3) is 0 Å². The molecule has 0 aromatic heterocycles. The van der Waals surface area contributed by atoms with Gasteiger partial charge in [0.05, 0.1) is 5.71 Å². The minimum Gasteiger partial charge on any atom is -0.391 e. The number of oxime groups is 1. The van der Waals surface area contributed by atoms with Gasteiger partial charge in [-0.2, -0.15) is 0 Å². The lowest BCUT2D eigenvalue weighted by Crippen LogP contribution is -1.95. The third-order valence-electron chi connectivity index (χ3n) is 1.59. The summed E-state index contributed by atoms with van der Waals surface area (Å²) < 4.78 is 0. The van der Waals surface area contributed by atoms with Gasteiger partial charge < -0.3 is 4.84 Å². The minimum absolute atomic E-state index is 0.449. The maximum absolute atomic E-state index is 4.97. The molecule has 0 bridgehead atoms. The fraction of sp³-hybridized carbons (Fsp3) is 0.182. The van der Waals surface area contributed by atoms with Crippen molar-refractivity contribution >= 4 is 5.71 Å². The normalized spacial score (nSPS) is 11.0. The molecule has 0 unspecified atom stereocenters. The zero-order chi connectivity index (χ0) is 9.52. The zero-order valence-electron chi connectivity index (χ0n) is 7.73. The molecule has 0 atom stereocenters. The molecule has 0 N–H and O–H groups in total. The number of hydrogen-bond acceptors (Lipinski definition) is 2. The number of hydrogen-bond donors (Lipinski definition) is 0. The van der Waals surface area contributed by atoms with E-state index in [0.717, 1.165) is 11.3 Å². The summed E-state index contributed by atoms with van der Waals surface area (Å²) in [4.78, 5) is 4.97. The molecule has 68 valence electrons. The fourth-order valence-corrected chi connectivity index (χ4v) is 0.919. The van der Waals surface area contributed by atoms with Crippen molar-refractivity contribution in [2.24, 2.45) is 5.16 Å². The summed E-state index contributed by atoms with van der Waals surface area (Å²) in [6.45, 7) is 5.90. The lowest BCUT2D eigenvalue weighted by molar-refractivity contribution is 0.175. The molecule has 0 aliphatic heterocycles. The van der Waals surface area contributed by atoms with E-state index in [-0.39, 0.29) is 0 Å². The maximum Gasteiger partial charge on any atom is 0.135 e. The van der Waals surface area contributed by atoms with Crippen LogP contribution in [0.3, 0.4) is 0 Å². The molecular weight excluding hydrogens is 162 g/mol. The summed E-state index contributed by atoms with van der Waals surface area (Å²) in [6, 6.07) is 9.91. The molecule has 0 heterocycles. The third-order valence-corrected chi connectivity index (χ3v) is 1.59. The number of rotatable bonds is 4. The van der Waals surface area contributed by atoms with E-state index < -0.39 is 0 Å². The van der Waals surface area contributed by atoms with Crippen molar-refractivity contribution in [1.82, 2.24) is 0 Å². The van der Waals surface area contributed by atoms with E-state index in [1.807, 2.05) is 37.3 Å². The van der Waals surface area contributed by atoms with Crippen LogP contribution in [-0.2, 0) is 4.84 Å². The van der Waals surface area contributed by atoms with E-state index in [2.05, 4.69) is 11.7 Å². The van der Waals surface area contributed by atoms with Crippen molar-refractivity contribution < 1.29 is 4.84 Å². The van der Waals surface area contributed by atoms with Crippen LogP contribution in [0.4, 0.5) is 0 Å². The lowest BCUT2D eigenvalue weighted by Gasteiger charge is -1.99. The van der Waals surface area contributed by atoms with Crippen molar-refractivity contribution in [3.8, 4) is 0 Å². The Morgan fingerprint density at radius 1 is 1.46 bits per heavy atom. The molecule has 0 aliphatic carbocycles. The summed E-state index contributed by atoms with van der Waals surface area (Å²) in [5, 5.41) is 3.93. The average molecular weight is 175 g/mol. The monoisotopic (exact) mass is 175 g/mol. The molecule has 13 heavy (non-hydrogen) atoms.